The summed E-state index contributed by atoms with van der Waals surface area (Å²) in [6, 6.07) is 5.89. The Morgan fingerprint density at radius 2 is 2.17 bits per heavy atom. The molecule has 1 N–H and O–H groups in total. The van der Waals surface area contributed by atoms with Crippen LogP contribution in [-0.4, -0.2) is 31.4 Å². The Kier molecular flexibility index (Phi) is 3.99. The molecule has 0 radical (unpaired) electrons. The zero-order chi connectivity index (χ0) is 16.4. The number of carbonyl (C=O) groups is 1. The van der Waals surface area contributed by atoms with Crippen LogP contribution in [0.5, 0.6) is 0 Å². The molecule has 7 nitrogen and oxygen atoms in total. The van der Waals surface area contributed by atoms with Gasteiger partial charge in [-0.1, -0.05) is 0 Å². The monoisotopic (exact) mass is 331 g/mol. The molecule has 2 heterocycles. The molecule has 1 aromatic carbocycles. The fourth-order valence-corrected chi connectivity index (χ4v) is 2.70. The van der Waals surface area contributed by atoms with Crippen LogP contribution in [0.1, 0.15) is 26.6 Å². The van der Waals surface area contributed by atoms with Crippen LogP contribution in [0.3, 0.4) is 0 Å². The third kappa shape index (κ3) is 3.65. The van der Waals surface area contributed by atoms with Crippen molar-refractivity contribution in [3.63, 3.8) is 0 Å². The molecule has 0 saturated heterocycles. The number of alkyl carbamates (subject to hydrolysis) is 1. The lowest BCUT2D eigenvalue weighted by Crippen LogP contribution is -2.32. The van der Waals surface area contributed by atoms with Gasteiger partial charge in [-0.05, 0) is 39.0 Å². The molecule has 0 atom stereocenters. The lowest BCUT2D eigenvalue weighted by Gasteiger charge is -2.19. The molecule has 8 heteroatoms. The number of ether oxygens (including phenoxy) is 1. The Bertz CT molecular complexity index is 834. The zero-order valence-corrected chi connectivity index (χ0v) is 13.9. The lowest BCUT2D eigenvalue weighted by atomic mass is 10.2. The average Bonchev–Trinajstić information content (AvgIpc) is 3.11. The number of aromatic nitrogens is 4. The van der Waals surface area contributed by atoms with Crippen molar-refractivity contribution in [2.75, 3.05) is 0 Å². The number of hydrogen-bond donors (Lipinski definition) is 1. The van der Waals surface area contributed by atoms with Crippen molar-refractivity contribution in [1.29, 1.82) is 0 Å². The summed E-state index contributed by atoms with van der Waals surface area (Å²) in [5.74, 6) is 0.616. The van der Waals surface area contributed by atoms with Gasteiger partial charge >= 0.3 is 6.09 Å². The van der Waals surface area contributed by atoms with Gasteiger partial charge in [-0.25, -0.2) is 19.4 Å². The predicted octanol–water partition coefficient (Wildman–Crippen LogP) is 2.90. The highest BCUT2D eigenvalue weighted by molar-refractivity contribution is 7.16. The van der Waals surface area contributed by atoms with Crippen LogP contribution >= 0.6 is 11.3 Å². The number of benzene rings is 1. The first-order valence-electron chi connectivity index (χ1n) is 7.12. The number of rotatable bonds is 3. The van der Waals surface area contributed by atoms with E-state index in [4.69, 9.17) is 4.74 Å². The van der Waals surface area contributed by atoms with Crippen molar-refractivity contribution in [2.45, 2.75) is 32.9 Å². The van der Waals surface area contributed by atoms with Crippen LogP contribution in [0.4, 0.5) is 4.79 Å². The van der Waals surface area contributed by atoms with Crippen LogP contribution in [0.15, 0.2) is 30.0 Å². The van der Waals surface area contributed by atoms with Crippen molar-refractivity contribution >= 4 is 27.6 Å². The SMILES string of the molecule is CC(C)(C)OC(=O)NCc1ncnn1-c1ccc2scnc2c1. The molecule has 0 fully saturated rings. The fraction of sp³-hybridized carbons (Fsp3) is 0.333. The first-order chi connectivity index (χ1) is 10.9. The molecule has 0 spiro atoms. The van der Waals surface area contributed by atoms with E-state index in [0.29, 0.717) is 5.82 Å². The molecule has 23 heavy (non-hydrogen) atoms. The summed E-state index contributed by atoms with van der Waals surface area (Å²) in [5, 5.41) is 6.91. The first-order valence-corrected chi connectivity index (χ1v) is 8.00. The summed E-state index contributed by atoms with van der Waals surface area (Å²) in [6.07, 6.45) is 0.971. The van der Waals surface area contributed by atoms with Gasteiger partial charge in [0, 0.05) is 0 Å². The molecular formula is C15H17N5O2S. The predicted molar refractivity (Wildman–Crippen MR) is 87.6 cm³/mol. The van der Waals surface area contributed by atoms with Gasteiger partial charge in [0.2, 0.25) is 0 Å². The van der Waals surface area contributed by atoms with Crippen LogP contribution < -0.4 is 5.32 Å². The fourth-order valence-electron chi connectivity index (χ4n) is 2.05. The standard InChI is InChI=1S/C15H17N5O2S/c1-15(2,3)22-14(21)16-7-13-17-8-19-20(13)10-4-5-12-11(6-10)18-9-23-12/h4-6,8-9H,7H2,1-3H3,(H,16,21). The van der Waals surface area contributed by atoms with Crippen LogP contribution in [-0.2, 0) is 11.3 Å². The van der Waals surface area contributed by atoms with E-state index in [1.165, 1.54) is 6.33 Å². The van der Waals surface area contributed by atoms with E-state index >= 15 is 0 Å². The maximum absolute atomic E-state index is 11.7. The van der Waals surface area contributed by atoms with Crippen LogP contribution in [0.25, 0.3) is 15.9 Å². The maximum atomic E-state index is 11.7. The molecule has 0 aliphatic heterocycles. The van der Waals surface area contributed by atoms with Crippen molar-refractivity contribution in [3.8, 4) is 5.69 Å². The first kappa shape index (κ1) is 15.4. The smallest absolute Gasteiger partial charge is 0.408 e. The second kappa shape index (κ2) is 5.96. The largest absolute Gasteiger partial charge is 0.444 e. The number of thiazole rings is 1. The second-order valence-corrected chi connectivity index (χ2v) is 6.83. The average molecular weight is 331 g/mol. The van der Waals surface area contributed by atoms with Crippen molar-refractivity contribution in [3.05, 3.63) is 35.9 Å². The van der Waals surface area contributed by atoms with Gasteiger partial charge in [-0.3, -0.25) is 0 Å². The van der Waals surface area contributed by atoms with Gasteiger partial charge in [0.1, 0.15) is 11.9 Å². The third-order valence-corrected chi connectivity index (χ3v) is 3.78. The van der Waals surface area contributed by atoms with Crippen molar-refractivity contribution in [1.82, 2.24) is 25.1 Å². The quantitative estimate of drug-likeness (QED) is 0.798. The molecule has 0 aliphatic rings. The van der Waals surface area contributed by atoms with Gasteiger partial charge < -0.3 is 10.1 Å². The molecule has 0 aliphatic carbocycles. The minimum absolute atomic E-state index is 0.226. The summed E-state index contributed by atoms with van der Waals surface area (Å²) in [6.45, 7) is 5.68. The molecule has 0 saturated carbocycles. The van der Waals surface area contributed by atoms with Crippen molar-refractivity contribution in [2.24, 2.45) is 0 Å². The number of fused-ring (bicyclic) bond motifs is 1. The van der Waals surface area contributed by atoms with Gasteiger partial charge in [-0.2, -0.15) is 5.10 Å². The van der Waals surface area contributed by atoms with Crippen molar-refractivity contribution < 1.29 is 9.53 Å². The molecule has 0 bridgehead atoms. The van der Waals surface area contributed by atoms with E-state index in [0.717, 1.165) is 15.9 Å². The Morgan fingerprint density at radius 3 is 2.96 bits per heavy atom. The Labute approximate surface area is 137 Å². The summed E-state index contributed by atoms with van der Waals surface area (Å²) in [5.41, 5.74) is 3.03. The number of nitrogens with zero attached hydrogens (tertiary/aromatic N) is 4. The second-order valence-electron chi connectivity index (χ2n) is 5.95. The highest BCUT2D eigenvalue weighted by Crippen LogP contribution is 2.21. The topological polar surface area (TPSA) is 81.9 Å². The summed E-state index contributed by atoms with van der Waals surface area (Å²) in [4.78, 5) is 20.2. The Hall–Kier alpha value is -2.48. The van der Waals surface area contributed by atoms with E-state index in [2.05, 4.69) is 20.4 Å². The van der Waals surface area contributed by atoms with Crippen LogP contribution in [0, 0.1) is 0 Å². The van der Waals surface area contributed by atoms with E-state index in [1.807, 2.05) is 39.0 Å². The molecule has 2 aromatic heterocycles. The number of hydrogen-bond acceptors (Lipinski definition) is 6. The molecule has 3 rings (SSSR count). The minimum atomic E-state index is -0.534. The Balaban J connectivity index is 1.75. The maximum Gasteiger partial charge on any atom is 0.408 e. The highest BCUT2D eigenvalue weighted by atomic mass is 32.1. The normalized spacial score (nSPS) is 11.6. The zero-order valence-electron chi connectivity index (χ0n) is 13.1. The Morgan fingerprint density at radius 1 is 1.35 bits per heavy atom. The third-order valence-electron chi connectivity index (χ3n) is 2.97. The highest BCUT2D eigenvalue weighted by Gasteiger charge is 2.17. The molecule has 0 unspecified atom stereocenters. The minimum Gasteiger partial charge on any atom is -0.444 e. The molecular weight excluding hydrogens is 314 g/mol. The summed E-state index contributed by atoms with van der Waals surface area (Å²) in [7, 11) is 0. The van der Waals surface area contributed by atoms with Gasteiger partial charge in [0.05, 0.1) is 28.0 Å². The molecule has 3 aromatic rings. The number of amides is 1. The van der Waals surface area contributed by atoms with E-state index in [9.17, 15) is 4.79 Å². The van der Waals surface area contributed by atoms with Gasteiger partial charge in [0.25, 0.3) is 0 Å². The molecule has 120 valence electrons. The van der Waals surface area contributed by atoms with Gasteiger partial charge in [0.15, 0.2) is 5.82 Å². The number of carbonyl (C=O) groups excluding carboxylic acids is 1. The van der Waals surface area contributed by atoms with Gasteiger partial charge in [-0.15, -0.1) is 11.3 Å². The summed E-state index contributed by atoms with van der Waals surface area (Å²) < 4.78 is 8.00. The lowest BCUT2D eigenvalue weighted by molar-refractivity contribution is 0.0522. The number of nitrogens with one attached hydrogen (secondary N) is 1. The van der Waals surface area contributed by atoms with Crippen LogP contribution in [0.2, 0.25) is 0 Å². The van der Waals surface area contributed by atoms with E-state index in [1.54, 1.807) is 21.5 Å². The molecule has 1 amide bonds. The summed E-state index contributed by atoms with van der Waals surface area (Å²) >= 11 is 1.59. The van der Waals surface area contributed by atoms with E-state index < -0.39 is 11.7 Å². The van der Waals surface area contributed by atoms with E-state index in [-0.39, 0.29) is 6.54 Å².